The van der Waals surface area contributed by atoms with Crippen molar-refractivity contribution >= 4 is 16.7 Å². The zero-order valence-electron chi connectivity index (χ0n) is 14.9. The van der Waals surface area contributed by atoms with Crippen LogP contribution in [0.2, 0.25) is 0 Å². The number of benzene rings is 2. The third-order valence-electron chi connectivity index (χ3n) is 4.05. The van der Waals surface area contributed by atoms with Crippen LogP contribution in [0.3, 0.4) is 0 Å². The number of hydrogen-bond donors (Lipinski definition) is 1. The topological polar surface area (TPSA) is 41.6 Å². The van der Waals surface area contributed by atoms with Crippen LogP contribution >= 0.6 is 0 Å². The molecule has 1 aliphatic rings. The molecule has 0 unspecified atom stereocenters. The second-order valence-electron chi connectivity index (χ2n) is 7.41. The summed E-state index contributed by atoms with van der Waals surface area (Å²) in [5.41, 5.74) is 1.98. The van der Waals surface area contributed by atoms with Crippen LogP contribution in [-0.4, -0.2) is 29.2 Å². The Bertz CT molecular complexity index is 828. The molecule has 1 heterocycles. The molecule has 2 aromatic carbocycles. The molecule has 0 aromatic heterocycles. The number of rotatable bonds is 3. The van der Waals surface area contributed by atoms with Crippen LogP contribution in [0, 0.1) is 0 Å². The molecule has 1 aliphatic heterocycles. The third-order valence-corrected chi connectivity index (χ3v) is 4.05. The number of hydrogen-bond acceptors (Lipinski definition) is 3. The number of nitrogens with one attached hydrogen (secondary N) is 1. The first kappa shape index (κ1) is 18.5. The minimum Gasteiger partial charge on any atom is -0.488 e. The summed E-state index contributed by atoms with van der Waals surface area (Å²) in [6.07, 6.45) is -4.45. The van der Waals surface area contributed by atoms with Crippen molar-refractivity contribution in [3.05, 3.63) is 42.0 Å². The molecule has 0 aliphatic carbocycles. The summed E-state index contributed by atoms with van der Waals surface area (Å²) in [6.45, 7) is 5.74. The van der Waals surface area contributed by atoms with E-state index in [9.17, 15) is 18.0 Å². The SMILES string of the molecule is CC(C)(C)Oc1ccc2ccc([C@H](N3CCC(=O)N3)C(F)(F)F)cc2c1. The van der Waals surface area contributed by atoms with Gasteiger partial charge in [0.05, 0.1) is 0 Å². The van der Waals surface area contributed by atoms with E-state index in [1.807, 2.05) is 26.8 Å². The Balaban J connectivity index is 2.00. The first-order chi connectivity index (χ1) is 12.0. The van der Waals surface area contributed by atoms with Gasteiger partial charge in [-0.05, 0) is 55.3 Å². The van der Waals surface area contributed by atoms with Gasteiger partial charge in [-0.1, -0.05) is 18.2 Å². The Hall–Kier alpha value is -2.28. The largest absolute Gasteiger partial charge is 0.488 e. The fraction of sp³-hybridized carbons (Fsp3) is 0.421. The van der Waals surface area contributed by atoms with Gasteiger partial charge in [0.25, 0.3) is 0 Å². The molecule has 3 rings (SSSR count). The molecular weight excluding hydrogens is 345 g/mol. The molecule has 1 N–H and O–H groups in total. The minimum atomic E-state index is -4.51. The summed E-state index contributed by atoms with van der Waals surface area (Å²) in [4.78, 5) is 11.4. The number of halogens is 3. The van der Waals surface area contributed by atoms with Crippen LogP contribution in [0.15, 0.2) is 36.4 Å². The van der Waals surface area contributed by atoms with Crippen molar-refractivity contribution < 1.29 is 22.7 Å². The van der Waals surface area contributed by atoms with Crippen LogP contribution in [0.25, 0.3) is 10.8 Å². The average Bonchev–Trinajstić information content (AvgIpc) is 2.90. The Morgan fingerprint density at radius 1 is 1.08 bits per heavy atom. The van der Waals surface area contributed by atoms with E-state index in [4.69, 9.17) is 4.74 Å². The Morgan fingerprint density at radius 2 is 1.77 bits per heavy atom. The maximum Gasteiger partial charge on any atom is 0.409 e. The molecule has 0 radical (unpaired) electrons. The summed E-state index contributed by atoms with van der Waals surface area (Å²) in [6, 6.07) is 8.09. The zero-order valence-corrected chi connectivity index (χ0v) is 14.9. The quantitative estimate of drug-likeness (QED) is 0.878. The van der Waals surface area contributed by atoms with E-state index < -0.39 is 23.7 Å². The number of nitrogens with zero attached hydrogens (tertiary/aromatic N) is 1. The summed E-state index contributed by atoms with van der Waals surface area (Å²) < 4.78 is 46.8. The van der Waals surface area contributed by atoms with Crippen molar-refractivity contribution in [2.24, 2.45) is 0 Å². The van der Waals surface area contributed by atoms with E-state index >= 15 is 0 Å². The second kappa shape index (κ2) is 6.46. The normalized spacial score (nSPS) is 17.4. The highest BCUT2D eigenvalue weighted by Gasteiger charge is 2.46. The lowest BCUT2D eigenvalue weighted by atomic mass is 10.0. The maximum atomic E-state index is 13.7. The van der Waals surface area contributed by atoms with Crippen molar-refractivity contribution in [2.45, 2.75) is 45.0 Å². The van der Waals surface area contributed by atoms with E-state index in [0.717, 1.165) is 10.4 Å². The molecular formula is C19H21F3N2O2. The molecule has 0 bridgehead atoms. The number of ether oxygens (including phenoxy) is 1. The van der Waals surface area contributed by atoms with Crippen molar-refractivity contribution in [3.63, 3.8) is 0 Å². The highest BCUT2D eigenvalue weighted by atomic mass is 19.4. The smallest absolute Gasteiger partial charge is 0.409 e. The minimum absolute atomic E-state index is 0.0220. The van der Waals surface area contributed by atoms with Crippen molar-refractivity contribution in [1.29, 1.82) is 0 Å². The lowest BCUT2D eigenvalue weighted by Gasteiger charge is -2.29. The van der Waals surface area contributed by atoms with Crippen LogP contribution in [0.1, 0.15) is 38.8 Å². The average molecular weight is 366 g/mol. The first-order valence-electron chi connectivity index (χ1n) is 8.38. The van der Waals surface area contributed by atoms with E-state index in [1.165, 1.54) is 12.1 Å². The predicted octanol–water partition coefficient (Wildman–Crippen LogP) is 4.36. The number of alkyl halides is 3. The van der Waals surface area contributed by atoms with Crippen LogP contribution in [0.4, 0.5) is 13.2 Å². The van der Waals surface area contributed by atoms with Gasteiger partial charge in [-0.15, -0.1) is 0 Å². The van der Waals surface area contributed by atoms with Gasteiger partial charge in [-0.2, -0.15) is 13.2 Å². The predicted molar refractivity (Wildman–Crippen MR) is 92.6 cm³/mol. The van der Waals surface area contributed by atoms with Gasteiger partial charge in [0, 0.05) is 13.0 Å². The van der Waals surface area contributed by atoms with Gasteiger partial charge in [0.1, 0.15) is 17.4 Å². The highest BCUT2D eigenvalue weighted by Crippen LogP contribution is 2.39. The number of amides is 1. The molecule has 1 fully saturated rings. The van der Waals surface area contributed by atoms with Crippen LogP contribution in [0.5, 0.6) is 5.75 Å². The van der Waals surface area contributed by atoms with Gasteiger partial charge in [-0.3, -0.25) is 10.2 Å². The van der Waals surface area contributed by atoms with E-state index in [0.29, 0.717) is 11.1 Å². The van der Waals surface area contributed by atoms with Crippen molar-refractivity contribution in [3.8, 4) is 5.75 Å². The maximum absolute atomic E-state index is 13.7. The molecule has 1 atom stereocenters. The van der Waals surface area contributed by atoms with Crippen LogP contribution in [-0.2, 0) is 4.79 Å². The lowest BCUT2D eigenvalue weighted by Crippen LogP contribution is -2.43. The number of carbonyl (C=O) groups excluding carboxylic acids is 1. The van der Waals surface area contributed by atoms with Gasteiger partial charge >= 0.3 is 6.18 Å². The van der Waals surface area contributed by atoms with Crippen molar-refractivity contribution in [2.75, 3.05) is 6.54 Å². The molecule has 140 valence electrons. The number of carbonyl (C=O) groups is 1. The molecule has 4 nitrogen and oxygen atoms in total. The zero-order chi connectivity index (χ0) is 19.1. The molecule has 0 saturated carbocycles. The van der Waals surface area contributed by atoms with Crippen molar-refractivity contribution in [1.82, 2.24) is 10.4 Å². The molecule has 26 heavy (non-hydrogen) atoms. The van der Waals surface area contributed by atoms with Crippen LogP contribution < -0.4 is 10.2 Å². The molecule has 1 saturated heterocycles. The van der Waals surface area contributed by atoms with E-state index in [-0.39, 0.29) is 18.5 Å². The monoisotopic (exact) mass is 366 g/mol. The van der Waals surface area contributed by atoms with Gasteiger partial charge < -0.3 is 4.74 Å². The fourth-order valence-corrected chi connectivity index (χ4v) is 3.06. The number of fused-ring (bicyclic) bond motifs is 1. The van der Waals surface area contributed by atoms with Gasteiger partial charge in [-0.25, -0.2) is 5.01 Å². The summed E-state index contributed by atoms with van der Waals surface area (Å²) in [5, 5.41) is 2.43. The highest BCUT2D eigenvalue weighted by molar-refractivity contribution is 5.84. The third kappa shape index (κ3) is 4.09. The summed E-state index contributed by atoms with van der Waals surface area (Å²) >= 11 is 0. The van der Waals surface area contributed by atoms with E-state index in [1.54, 1.807) is 18.2 Å². The Labute approximate surface area is 149 Å². The molecule has 7 heteroatoms. The molecule has 2 aromatic rings. The Kier molecular flexibility index (Phi) is 4.60. The summed E-state index contributed by atoms with van der Waals surface area (Å²) in [5.74, 6) is 0.195. The van der Waals surface area contributed by atoms with E-state index in [2.05, 4.69) is 5.43 Å². The standard InChI is InChI=1S/C19H21F3N2O2/c1-18(2,3)26-15-7-6-12-4-5-13(10-14(12)11-15)17(19(20,21)22)24-9-8-16(25)23-24/h4-7,10-11,17H,8-9H2,1-3H3,(H,23,25)/t17-/m0/s1. The first-order valence-corrected chi connectivity index (χ1v) is 8.38. The molecule has 1 amide bonds. The second-order valence-corrected chi connectivity index (χ2v) is 7.41. The fourth-order valence-electron chi connectivity index (χ4n) is 3.06. The summed E-state index contributed by atoms with van der Waals surface area (Å²) in [7, 11) is 0. The lowest BCUT2D eigenvalue weighted by molar-refractivity contribution is -0.191. The van der Waals surface area contributed by atoms with Gasteiger partial charge in [0.2, 0.25) is 5.91 Å². The van der Waals surface area contributed by atoms with Gasteiger partial charge in [0.15, 0.2) is 0 Å². The number of hydrazine groups is 1. The molecule has 0 spiro atoms. The Morgan fingerprint density at radius 3 is 2.35 bits per heavy atom.